The van der Waals surface area contributed by atoms with Crippen LogP contribution in [0.15, 0.2) is 48.7 Å². The Morgan fingerprint density at radius 3 is 2.48 bits per heavy atom. The van der Waals surface area contributed by atoms with E-state index in [1.165, 1.54) is 5.56 Å². The van der Waals surface area contributed by atoms with Crippen molar-refractivity contribution >= 4 is 0 Å². The van der Waals surface area contributed by atoms with Crippen molar-refractivity contribution in [2.45, 2.75) is 31.9 Å². The second-order valence-electron chi connectivity index (χ2n) is 5.91. The van der Waals surface area contributed by atoms with Crippen LogP contribution in [0, 0.1) is 11.3 Å². The maximum atomic E-state index is 8.71. The summed E-state index contributed by atoms with van der Waals surface area (Å²) >= 11 is 0. The molecule has 1 aliphatic rings. The summed E-state index contributed by atoms with van der Waals surface area (Å²) in [6, 6.07) is 16.3. The van der Waals surface area contributed by atoms with Crippen LogP contribution in [0.2, 0.25) is 0 Å². The Morgan fingerprint density at radius 1 is 1.09 bits per heavy atom. The van der Waals surface area contributed by atoms with Crippen LogP contribution in [0.25, 0.3) is 0 Å². The topological polar surface area (TPSA) is 49.2 Å². The first kappa shape index (κ1) is 15.5. The smallest absolute Gasteiger partial charge is 0.213 e. The van der Waals surface area contributed by atoms with Gasteiger partial charge in [-0.25, -0.2) is 4.98 Å². The molecule has 1 aliphatic heterocycles. The van der Waals surface area contributed by atoms with E-state index in [1.54, 1.807) is 6.20 Å². The van der Waals surface area contributed by atoms with Crippen molar-refractivity contribution in [1.29, 1.82) is 5.26 Å². The van der Waals surface area contributed by atoms with Gasteiger partial charge in [0.1, 0.15) is 6.10 Å². The van der Waals surface area contributed by atoms with Gasteiger partial charge in [-0.15, -0.1) is 0 Å². The van der Waals surface area contributed by atoms with Gasteiger partial charge in [0.25, 0.3) is 0 Å². The summed E-state index contributed by atoms with van der Waals surface area (Å²) in [7, 11) is 0. The number of pyridine rings is 1. The molecule has 2 aromatic rings. The summed E-state index contributed by atoms with van der Waals surface area (Å²) in [4.78, 5) is 6.68. The number of nitriles is 1. The predicted molar refractivity (Wildman–Crippen MR) is 88.9 cm³/mol. The summed E-state index contributed by atoms with van der Waals surface area (Å²) < 4.78 is 5.93. The van der Waals surface area contributed by atoms with E-state index in [4.69, 9.17) is 10.00 Å². The molecule has 1 aromatic carbocycles. The van der Waals surface area contributed by atoms with Crippen molar-refractivity contribution in [1.82, 2.24) is 9.88 Å². The predicted octanol–water partition coefficient (Wildman–Crippen LogP) is 3.19. The second kappa shape index (κ2) is 7.75. The summed E-state index contributed by atoms with van der Waals surface area (Å²) in [6.45, 7) is 3.04. The molecule has 0 bridgehead atoms. The van der Waals surface area contributed by atoms with Gasteiger partial charge >= 0.3 is 0 Å². The molecule has 0 aliphatic carbocycles. The fourth-order valence-corrected chi connectivity index (χ4v) is 2.88. The Labute approximate surface area is 137 Å². The quantitative estimate of drug-likeness (QED) is 0.851. The minimum Gasteiger partial charge on any atom is -0.474 e. The summed E-state index contributed by atoms with van der Waals surface area (Å²) in [5, 5.41) is 8.71. The molecule has 3 rings (SSSR count). The lowest BCUT2D eigenvalue weighted by molar-refractivity contribution is 0.0932. The highest BCUT2D eigenvalue weighted by atomic mass is 16.5. The fraction of sp³-hybridized carbons (Fsp3) is 0.368. The molecule has 0 spiro atoms. The minimum atomic E-state index is 0.263. The highest BCUT2D eigenvalue weighted by Gasteiger charge is 2.20. The lowest BCUT2D eigenvalue weighted by Gasteiger charge is -2.31. The van der Waals surface area contributed by atoms with E-state index in [9.17, 15) is 0 Å². The Bertz CT molecular complexity index is 641. The van der Waals surface area contributed by atoms with Crippen LogP contribution in [0.1, 0.15) is 24.0 Å². The van der Waals surface area contributed by atoms with E-state index in [2.05, 4.69) is 40.2 Å². The molecule has 0 radical (unpaired) electrons. The molecule has 2 heterocycles. The van der Waals surface area contributed by atoms with Crippen LogP contribution in [-0.4, -0.2) is 29.1 Å². The third-order valence-electron chi connectivity index (χ3n) is 4.17. The molecule has 4 nitrogen and oxygen atoms in total. The van der Waals surface area contributed by atoms with E-state index < -0.39 is 0 Å². The lowest BCUT2D eigenvalue weighted by Crippen LogP contribution is -2.37. The highest BCUT2D eigenvalue weighted by molar-refractivity contribution is 5.24. The Balaban J connectivity index is 1.46. The number of benzene rings is 1. The molecule has 118 valence electrons. The van der Waals surface area contributed by atoms with Gasteiger partial charge in [0.2, 0.25) is 5.88 Å². The number of aromatic nitrogens is 1. The van der Waals surface area contributed by atoms with Crippen LogP contribution in [0.5, 0.6) is 5.88 Å². The first-order valence-corrected chi connectivity index (χ1v) is 8.08. The summed E-state index contributed by atoms with van der Waals surface area (Å²) in [5.74, 6) is 0.721. The zero-order valence-corrected chi connectivity index (χ0v) is 13.2. The van der Waals surface area contributed by atoms with Gasteiger partial charge in [-0.1, -0.05) is 30.3 Å². The van der Waals surface area contributed by atoms with Gasteiger partial charge in [-0.05, 0) is 30.0 Å². The third kappa shape index (κ3) is 4.54. The van der Waals surface area contributed by atoms with E-state index in [0.717, 1.165) is 43.9 Å². The monoisotopic (exact) mass is 307 g/mol. The van der Waals surface area contributed by atoms with E-state index in [0.29, 0.717) is 6.42 Å². The molecule has 23 heavy (non-hydrogen) atoms. The molecular formula is C19H21N3O. The Kier molecular flexibility index (Phi) is 5.23. The second-order valence-corrected chi connectivity index (χ2v) is 5.91. The van der Waals surface area contributed by atoms with Gasteiger partial charge < -0.3 is 4.74 Å². The van der Waals surface area contributed by atoms with Gasteiger partial charge in [-0.3, -0.25) is 4.90 Å². The van der Waals surface area contributed by atoms with Crippen LogP contribution >= 0.6 is 0 Å². The largest absolute Gasteiger partial charge is 0.474 e. The lowest BCUT2D eigenvalue weighted by atomic mass is 10.1. The Morgan fingerprint density at radius 2 is 1.83 bits per heavy atom. The van der Waals surface area contributed by atoms with Gasteiger partial charge in [0.05, 0.1) is 12.5 Å². The number of nitrogens with zero attached hydrogens (tertiary/aromatic N) is 3. The average Bonchev–Trinajstić information content (AvgIpc) is 2.60. The van der Waals surface area contributed by atoms with Crippen LogP contribution in [0.4, 0.5) is 0 Å². The molecule has 0 saturated carbocycles. The number of rotatable bonds is 5. The normalized spacial score (nSPS) is 16.0. The van der Waals surface area contributed by atoms with E-state index >= 15 is 0 Å². The number of hydrogen-bond acceptors (Lipinski definition) is 4. The number of ether oxygens (including phenoxy) is 1. The molecule has 1 aromatic heterocycles. The Hall–Kier alpha value is -2.38. The third-order valence-corrected chi connectivity index (χ3v) is 4.17. The molecule has 0 N–H and O–H groups in total. The molecule has 0 unspecified atom stereocenters. The molecule has 1 saturated heterocycles. The van der Waals surface area contributed by atoms with Crippen molar-refractivity contribution in [3.63, 3.8) is 0 Å². The summed E-state index contributed by atoms with van der Waals surface area (Å²) in [6.07, 6.45) is 4.57. The van der Waals surface area contributed by atoms with Crippen molar-refractivity contribution < 1.29 is 4.74 Å². The van der Waals surface area contributed by atoms with Crippen molar-refractivity contribution in [2.24, 2.45) is 0 Å². The maximum Gasteiger partial charge on any atom is 0.213 e. The first-order chi connectivity index (χ1) is 11.3. The van der Waals surface area contributed by atoms with Crippen molar-refractivity contribution in [2.75, 3.05) is 13.1 Å². The number of piperidine rings is 1. The zero-order chi connectivity index (χ0) is 15.9. The van der Waals surface area contributed by atoms with Gasteiger partial charge in [0.15, 0.2) is 0 Å². The number of hydrogen-bond donors (Lipinski definition) is 0. The van der Waals surface area contributed by atoms with Crippen LogP contribution in [-0.2, 0) is 13.0 Å². The molecule has 1 fully saturated rings. The minimum absolute atomic E-state index is 0.263. The SMILES string of the molecule is N#CCc1ccc(CN2CCC(Oc3ccccn3)CC2)cc1. The van der Waals surface area contributed by atoms with E-state index in [1.807, 2.05) is 18.2 Å². The zero-order valence-electron chi connectivity index (χ0n) is 13.2. The molecule has 0 atom stereocenters. The molecule has 4 heteroatoms. The molecule has 0 amide bonds. The van der Waals surface area contributed by atoms with Crippen LogP contribution < -0.4 is 4.74 Å². The van der Waals surface area contributed by atoms with Gasteiger partial charge in [-0.2, -0.15) is 5.26 Å². The fourth-order valence-electron chi connectivity index (χ4n) is 2.88. The first-order valence-electron chi connectivity index (χ1n) is 8.08. The van der Waals surface area contributed by atoms with Crippen LogP contribution in [0.3, 0.4) is 0 Å². The van der Waals surface area contributed by atoms with E-state index in [-0.39, 0.29) is 6.10 Å². The standard InChI is InChI=1S/C19H21N3O/c20-11-8-16-4-6-17(7-5-16)15-22-13-9-18(10-14-22)23-19-3-1-2-12-21-19/h1-7,12,18H,8-10,13-15H2. The van der Waals surface area contributed by atoms with Gasteiger partial charge in [0, 0.05) is 31.9 Å². The number of likely N-dealkylation sites (tertiary alicyclic amines) is 1. The average molecular weight is 307 g/mol. The van der Waals surface area contributed by atoms with Crippen molar-refractivity contribution in [3.05, 3.63) is 59.8 Å². The molecular weight excluding hydrogens is 286 g/mol. The maximum absolute atomic E-state index is 8.71. The summed E-state index contributed by atoms with van der Waals surface area (Å²) in [5.41, 5.74) is 2.38. The highest BCUT2D eigenvalue weighted by Crippen LogP contribution is 2.18. The van der Waals surface area contributed by atoms with Crippen molar-refractivity contribution in [3.8, 4) is 11.9 Å².